The number of ether oxygens (including phenoxy) is 1. The van der Waals surface area contributed by atoms with Crippen LogP contribution in [0.5, 0.6) is 5.75 Å². The molecule has 0 radical (unpaired) electrons. The maximum Gasteiger partial charge on any atom is 0.257 e. The smallest absolute Gasteiger partial charge is 0.257 e. The Kier molecular flexibility index (Phi) is 4.18. The van der Waals surface area contributed by atoms with Gasteiger partial charge in [-0.25, -0.2) is 0 Å². The van der Waals surface area contributed by atoms with Gasteiger partial charge in [-0.15, -0.1) is 0 Å². The third-order valence-electron chi connectivity index (χ3n) is 6.06. The molecule has 5 nitrogen and oxygen atoms in total. The van der Waals surface area contributed by atoms with Crippen LogP contribution in [-0.4, -0.2) is 54.4 Å². The predicted octanol–water partition coefficient (Wildman–Crippen LogP) is 2.27. The first-order valence-corrected chi connectivity index (χ1v) is 9.33. The van der Waals surface area contributed by atoms with Crippen molar-refractivity contribution in [1.29, 1.82) is 0 Å². The van der Waals surface area contributed by atoms with Crippen LogP contribution in [0.25, 0.3) is 0 Å². The van der Waals surface area contributed by atoms with E-state index in [1.54, 1.807) is 14.0 Å². The normalized spacial score (nSPS) is 24.9. The molecule has 1 aromatic rings. The first-order chi connectivity index (χ1) is 12.1. The standard InChI is InChI=1S/C20H26N2O3/c1-13(23)21-10-14-6-7-17(12-21)22(11-14)20(24)18-8-15-4-3-5-16(15)9-19(18)25-2/h8-9,14,17H,3-7,10-12H2,1-2H3/t14-,17+/m1/s1. The molecule has 0 saturated carbocycles. The Balaban J connectivity index is 1.64. The van der Waals surface area contributed by atoms with Gasteiger partial charge in [-0.2, -0.15) is 0 Å². The van der Waals surface area contributed by atoms with E-state index in [1.165, 1.54) is 11.1 Å². The van der Waals surface area contributed by atoms with E-state index < -0.39 is 0 Å². The highest BCUT2D eigenvalue weighted by Crippen LogP contribution is 2.34. The topological polar surface area (TPSA) is 49.9 Å². The molecule has 3 heterocycles. The Bertz CT molecular complexity index is 715. The van der Waals surface area contributed by atoms with E-state index in [9.17, 15) is 9.59 Å². The molecule has 2 bridgehead atoms. The van der Waals surface area contributed by atoms with Crippen LogP contribution in [0.3, 0.4) is 0 Å². The zero-order valence-electron chi connectivity index (χ0n) is 15.1. The van der Waals surface area contributed by atoms with Gasteiger partial charge in [0.25, 0.3) is 5.91 Å². The van der Waals surface area contributed by atoms with Gasteiger partial charge in [-0.3, -0.25) is 9.59 Å². The lowest BCUT2D eigenvalue weighted by molar-refractivity contribution is -0.129. The molecule has 3 fully saturated rings. The maximum atomic E-state index is 13.3. The number of carbonyl (C=O) groups excluding carboxylic acids is 2. The van der Waals surface area contributed by atoms with E-state index in [-0.39, 0.29) is 17.9 Å². The number of benzene rings is 1. The molecule has 3 saturated heterocycles. The molecular formula is C20H26N2O3. The summed E-state index contributed by atoms with van der Waals surface area (Å²) in [5.41, 5.74) is 3.29. The molecular weight excluding hydrogens is 316 g/mol. The zero-order valence-corrected chi connectivity index (χ0v) is 15.1. The first kappa shape index (κ1) is 16.4. The highest BCUT2D eigenvalue weighted by Gasteiger charge is 2.39. The van der Waals surface area contributed by atoms with Gasteiger partial charge >= 0.3 is 0 Å². The van der Waals surface area contributed by atoms with E-state index in [0.29, 0.717) is 23.8 Å². The fraction of sp³-hybridized carbons (Fsp3) is 0.600. The monoisotopic (exact) mass is 342 g/mol. The molecule has 2 atom stereocenters. The van der Waals surface area contributed by atoms with Crippen LogP contribution in [0.1, 0.15) is 47.7 Å². The van der Waals surface area contributed by atoms with Gasteiger partial charge in [0.05, 0.1) is 12.7 Å². The summed E-state index contributed by atoms with van der Waals surface area (Å²) in [6.07, 6.45) is 5.34. The lowest BCUT2D eigenvalue weighted by Gasteiger charge is -2.36. The number of methoxy groups -OCH3 is 1. The van der Waals surface area contributed by atoms with Crippen molar-refractivity contribution in [2.75, 3.05) is 26.7 Å². The van der Waals surface area contributed by atoms with Crippen molar-refractivity contribution in [2.24, 2.45) is 5.92 Å². The van der Waals surface area contributed by atoms with Gasteiger partial charge in [0.1, 0.15) is 5.75 Å². The molecule has 25 heavy (non-hydrogen) atoms. The molecule has 5 heteroatoms. The van der Waals surface area contributed by atoms with Crippen molar-refractivity contribution in [2.45, 2.75) is 45.1 Å². The van der Waals surface area contributed by atoms with Gasteiger partial charge in [-0.1, -0.05) is 0 Å². The summed E-state index contributed by atoms with van der Waals surface area (Å²) >= 11 is 0. The molecule has 0 unspecified atom stereocenters. The molecule has 4 aliphatic rings. The minimum absolute atomic E-state index is 0.0617. The van der Waals surface area contributed by atoms with Crippen molar-refractivity contribution in [1.82, 2.24) is 9.80 Å². The summed E-state index contributed by atoms with van der Waals surface area (Å²) < 4.78 is 5.54. The highest BCUT2D eigenvalue weighted by molar-refractivity contribution is 5.97. The molecule has 1 aliphatic carbocycles. The van der Waals surface area contributed by atoms with E-state index in [1.807, 2.05) is 21.9 Å². The molecule has 0 aromatic heterocycles. The van der Waals surface area contributed by atoms with Crippen LogP contribution in [-0.2, 0) is 17.6 Å². The quantitative estimate of drug-likeness (QED) is 0.828. The highest BCUT2D eigenvalue weighted by atomic mass is 16.5. The average Bonchev–Trinajstić information content (AvgIpc) is 2.86. The average molecular weight is 342 g/mol. The summed E-state index contributed by atoms with van der Waals surface area (Å²) in [7, 11) is 1.64. The third-order valence-corrected chi connectivity index (χ3v) is 6.06. The van der Waals surface area contributed by atoms with Crippen LogP contribution >= 0.6 is 0 Å². The minimum atomic E-state index is 0.0617. The minimum Gasteiger partial charge on any atom is -0.496 e. The van der Waals surface area contributed by atoms with Gasteiger partial charge in [0, 0.05) is 32.6 Å². The van der Waals surface area contributed by atoms with Crippen molar-refractivity contribution in [3.63, 3.8) is 0 Å². The Morgan fingerprint density at radius 2 is 1.84 bits per heavy atom. The summed E-state index contributed by atoms with van der Waals surface area (Å²) in [6, 6.07) is 4.21. The second kappa shape index (κ2) is 6.36. The van der Waals surface area contributed by atoms with Gasteiger partial charge < -0.3 is 14.5 Å². The number of aryl methyl sites for hydroxylation is 2. The summed E-state index contributed by atoms with van der Waals surface area (Å²) in [4.78, 5) is 29.1. The van der Waals surface area contributed by atoms with E-state index >= 15 is 0 Å². The Labute approximate surface area is 148 Å². The number of nitrogens with zero attached hydrogens (tertiary/aromatic N) is 2. The third kappa shape index (κ3) is 2.90. The van der Waals surface area contributed by atoms with E-state index in [2.05, 4.69) is 0 Å². The molecule has 1 aromatic carbocycles. The fourth-order valence-corrected chi connectivity index (χ4v) is 4.68. The van der Waals surface area contributed by atoms with E-state index in [4.69, 9.17) is 4.74 Å². The number of fused-ring (bicyclic) bond motifs is 5. The Hall–Kier alpha value is -2.04. The van der Waals surface area contributed by atoms with Crippen LogP contribution in [0.15, 0.2) is 12.1 Å². The number of rotatable bonds is 2. The molecule has 0 N–H and O–H groups in total. The van der Waals surface area contributed by atoms with Gasteiger partial charge in [0.15, 0.2) is 0 Å². The molecule has 134 valence electrons. The second-order valence-corrected chi connectivity index (χ2v) is 7.65. The Morgan fingerprint density at radius 3 is 2.56 bits per heavy atom. The van der Waals surface area contributed by atoms with Crippen molar-refractivity contribution < 1.29 is 14.3 Å². The number of hydrogen-bond donors (Lipinski definition) is 0. The first-order valence-electron chi connectivity index (χ1n) is 9.33. The van der Waals surface area contributed by atoms with Crippen molar-refractivity contribution in [3.8, 4) is 5.75 Å². The molecule has 5 rings (SSSR count). The molecule has 3 aliphatic heterocycles. The summed E-state index contributed by atoms with van der Waals surface area (Å²) in [5, 5.41) is 0. The van der Waals surface area contributed by atoms with E-state index in [0.717, 1.165) is 45.2 Å². The fourth-order valence-electron chi connectivity index (χ4n) is 4.68. The maximum absolute atomic E-state index is 13.3. The largest absolute Gasteiger partial charge is 0.496 e. The lowest BCUT2D eigenvalue weighted by Crippen LogP contribution is -2.47. The van der Waals surface area contributed by atoms with Crippen molar-refractivity contribution in [3.05, 3.63) is 28.8 Å². The predicted molar refractivity (Wildman–Crippen MR) is 94.8 cm³/mol. The van der Waals surface area contributed by atoms with Crippen molar-refractivity contribution >= 4 is 11.8 Å². The number of piperidine rings is 1. The summed E-state index contributed by atoms with van der Waals surface area (Å²) in [5.74, 6) is 1.24. The molecule has 0 spiro atoms. The zero-order chi connectivity index (χ0) is 17.6. The number of carbonyl (C=O) groups is 2. The van der Waals surface area contributed by atoms with Crippen LogP contribution in [0, 0.1) is 5.92 Å². The SMILES string of the molecule is COc1cc2c(cc1C(=O)N1C[C@@H]3CC[C@H]1CN(C(C)=O)C3)CCC2. The summed E-state index contributed by atoms with van der Waals surface area (Å²) in [6.45, 7) is 3.80. The van der Waals surface area contributed by atoms with Crippen LogP contribution in [0.2, 0.25) is 0 Å². The number of hydrogen-bond acceptors (Lipinski definition) is 3. The second-order valence-electron chi connectivity index (χ2n) is 7.65. The van der Waals surface area contributed by atoms with Crippen LogP contribution < -0.4 is 4.74 Å². The Morgan fingerprint density at radius 1 is 1.08 bits per heavy atom. The van der Waals surface area contributed by atoms with Gasteiger partial charge in [-0.05, 0) is 61.3 Å². The molecule has 2 amide bonds. The van der Waals surface area contributed by atoms with Gasteiger partial charge in [0.2, 0.25) is 5.91 Å². The van der Waals surface area contributed by atoms with Crippen LogP contribution in [0.4, 0.5) is 0 Å². The number of amides is 2. The lowest BCUT2D eigenvalue weighted by atomic mass is 9.93.